The lowest BCUT2D eigenvalue weighted by Crippen LogP contribution is -2.09. The summed E-state index contributed by atoms with van der Waals surface area (Å²) in [7, 11) is 0. The lowest BCUT2D eigenvalue weighted by molar-refractivity contribution is -0.0425. The topological polar surface area (TPSA) is 89.6 Å². The summed E-state index contributed by atoms with van der Waals surface area (Å²) in [6.45, 7) is 4.97. The molecule has 148 valence electrons. The maximum absolute atomic E-state index is 9.35. The average molecular weight is 404 g/mol. The number of pyridine rings is 1. The zero-order valence-corrected chi connectivity index (χ0v) is 16.4. The second-order valence-corrected chi connectivity index (χ2v) is 7.08. The minimum Gasteiger partial charge on any atom is -0.493 e. The molecule has 0 radical (unpaired) electrons. The van der Waals surface area contributed by atoms with Crippen molar-refractivity contribution in [1.82, 2.24) is 14.8 Å². The van der Waals surface area contributed by atoms with E-state index in [9.17, 15) is 10.2 Å². The Morgan fingerprint density at radius 3 is 2.64 bits per heavy atom. The van der Waals surface area contributed by atoms with Crippen LogP contribution in [0.15, 0.2) is 48.8 Å². The molecule has 0 aliphatic carbocycles. The van der Waals surface area contributed by atoms with E-state index in [-0.39, 0.29) is 6.61 Å². The number of nitrogens with zero attached hydrogens (tertiary/aromatic N) is 3. The monoisotopic (exact) mass is 403 g/mol. The van der Waals surface area contributed by atoms with Crippen molar-refractivity contribution >= 4 is 11.6 Å². The summed E-state index contributed by atoms with van der Waals surface area (Å²) in [5.41, 5.74) is 1.17. The molecule has 8 heteroatoms. The van der Waals surface area contributed by atoms with Gasteiger partial charge in [0.25, 0.3) is 0 Å². The molecule has 2 heterocycles. The van der Waals surface area contributed by atoms with Gasteiger partial charge in [-0.05, 0) is 30.2 Å². The van der Waals surface area contributed by atoms with E-state index in [1.54, 1.807) is 24.4 Å². The fourth-order valence-corrected chi connectivity index (χ4v) is 2.64. The van der Waals surface area contributed by atoms with Gasteiger partial charge >= 0.3 is 0 Å². The van der Waals surface area contributed by atoms with Gasteiger partial charge in [-0.1, -0.05) is 31.5 Å². The summed E-state index contributed by atoms with van der Waals surface area (Å²) in [4.78, 5) is 4.21. The molecule has 2 N–H and O–H groups in total. The van der Waals surface area contributed by atoms with Crippen LogP contribution in [0.1, 0.15) is 31.3 Å². The smallest absolute Gasteiger partial charge is 0.218 e. The highest BCUT2D eigenvalue weighted by Crippen LogP contribution is 2.26. The average Bonchev–Trinajstić information content (AvgIpc) is 3.14. The lowest BCUT2D eigenvalue weighted by atomic mass is 10.2. The number of rotatable bonds is 8. The third-order valence-corrected chi connectivity index (χ3v) is 4.10. The fraction of sp³-hybridized carbons (Fsp3) is 0.300. The first kappa shape index (κ1) is 20.1. The molecule has 0 aliphatic rings. The Labute approximate surface area is 168 Å². The number of benzene rings is 1. The maximum Gasteiger partial charge on any atom is 0.218 e. The number of halogens is 1. The summed E-state index contributed by atoms with van der Waals surface area (Å²) in [6.07, 6.45) is 1.47. The van der Waals surface area contributed by atoms with Crippen LogP contribution in [0, 0.1) is 5.92 Å². The van der Waals surface area contributed by atoms with Crippen LogP contribution in [0.2, 0.25) is 5.02 Å². The fourth-order valence-electron chi connectivity index (χ4n) is 2.47. The zero-order valence-electron chi connectivity index (χ0n) is 15.6. The molecule has 3 rings (SSSR count). The molecule has 0 saturated heterocycles. The van der Waals surface area contributed by atoms with Gasteiger partial charge < -0.3 is 19.7 Å². The van der Waals surface area contributed by atoms with E-state index in [1.165, 1.54) is 23.0 Å². The standard InChI is InChI=1S/C20H22ClN3O4/c1-13(2)11-27-17-10-16(21)4-3-15(17)12-28-19-6-8-23-24(19)18-9-14(20(25)26)5-7-22-18/h3-10,13,20,25-26H,11-12H2,1-2H3. The summed E-state index contributed by atoms with van der Waals surface area (Å²) < 4.78 is 13.3. The number of ether oxygens (including phenoxy) is 2. The molecule has 0 unspecified atom stereocenters. The first-order valence-corrected chi connectivity index (χ1v) is 9.22. The van der Waals surface area contributed by atoms with Crippen molar-refractivity contribution in [3.63, 3.8) is 0 Å². The molecule has 28 heavy (non-hydrogen) atoms. The molecule has 7 nitrogen and oxygen atoms in total. The van der Waals surface area contributed by atoms with Crippen LogP contribution in [0.25, 0.3) is 5.82 Å². The van der Waals surface area contributed by atoms with Crippen LogP contribution >= 0.6 is 11.6 Å². The molecule has 3 aromatic rings. The Morgan fingerprint density at radius 2 is 1.89 bits per heavy atom. The van der Waals surface area contributed by atoms with Crippen molar-refractivity contribution in [2.45, 2.75) is 26.7 Å². The predicted molar refractivity (Wildman–Crippen MR) is 105 cm³/mol. The van der Waals surface area contributed by atoms with Gasteiger partial charge in [-0.25, -0.2) is 4.98 Å². The number of hydrogen-bond acceptors (Lipinski definition) is 6. The van der Waals surface area contributed by atoms with Crippen LogP contribution in [-0.4, -0.2) is 31.6 Å². The molecule has 0 spiro atoms. The van der Waals surface area contributed by atoms with Gasteiger partial charge in [0.1, 0.15) is 12.4 Å². The summed E-state index contributed by atoms with van der Waals surface area (Å²) in [6, 6.07) is 10.2. The van der Waals surface area contributed by atoms with E-state index in [0.29, 0.717) is 40.6 Å². The summed E-state index contributed by atoms with van der Waals surface area (Å²) in [5.74, 6) is 1.94. The quantitative estimate of drug-likeness (QED) is 0.559. The SMILES string of the molecule is CC(C)COc1cc(Cl)ccc1COc1ccnn1-c1cc(C(O)O)ccn1. The normalized spacial score (nSPS) is 11.2. The molecule has 1 aromatic carbocycles. The van der Waals surface area contributed by atoms with Gasteiger partial charge in [0, 0.05) is 28.4 Å². The van der Waals surface area contributed by atoms with E-state index in [2.05, 4.69) is 23.9 Å². The third kappa shape index (κ3) is 5.01. The highest BCUT2D eigenvalue weighted by atomic mass is 35.5. The molecule has 0 aliphatic heterocycles. The van der Waals surface area contributed by atoms with Crippen molar-refractivity contribution in [3.05, 3.63) is 64.9 Å². The van der Waals surface area contributed by atoms with Crippen LogP contribution in [-0.2, 0) is 6.61 Å². The predicted octanol–water partition coefficient (Wildman–Crippen LogP) is 3.52. The Morgan fingerprint density at radius 1 is 1.07 bits per heavy atom. The van der Waals surface area contributed by atoms with Gasteiger partial charge in [0.15, 0.2) is 12.1 Å². The van der Waals surface area contributed by atoms with Crippen LogP contribution in [0.5, 0.6) is 11.6 Å². The van der Waals surface area contributed by atoms with Crippen molar-refractivity contribution < 1.29 is 19.7 Å². The molecule has 0 fully saturated rings. The van der Waals surface area contributed by atoms with Gasteiger partial charge in [-0.2, -0.15) is 9.78 Å². The molecule has 0 saturated carbocycles. The first-order valence-electron chi connectivity index (χ1n) is 8.84. The highest BCUT2D eigenvalue weighted by Gasteiger charge is 2.12. The first-order chi connectivity index (χ1) is 13.4. The minimum atomic E-state index is -1.59. The number of aliphatic hydroxyl groups is 2. The maximum atomic E-state index is 9.35. The van der Waals surface area contributed by atoms with Crippen molar-refractivity contribution in [2.24, 2.45) is 5.92 Å². The van der Waals surface area contributed by atoms with E-state index in [0.717, 1.165) is 5.56 Å². The Bertz CT molecular complexity index is 927. The van der Waals surface area contributed by atoms with E-state index < -0.39 is 6.29 Å². The number of hydrogen-bond donors (Lipinski definition) is 2. The second-order valence-electron chi connectivity index (χ2n) is 6.65. The van der Waals surface area contributed by atoms with Crippen molar-refractivity contribution in [2.75, 3.05) is 6.61 Å². The molecule has 0 bridgehead atoms. The lowest BCUT2D eigenvalue weighted by Gasteiger charge is -2.15. The Balaban J connectivity index is 1.78. The Hall–Kier alpha value is -2.61. The van der Waals surface area contributed by atoms with Gasteiger partial charge in [0.2, 0.25) is 5.88 Å². The highest BCUT2D eigenvalue weighted by molar-refractivity contribution is 6.30. The second kappa shape index (κ2) is 9.05. The van der Waals surface area contributed by atoms with Crippen LogP contribution in [0.4, 0.5) is 0 Å². The minimum absolute atomic E-state index is 0.249. The van der Waals surface area contributed by atoms with Crippen molar-refractivity contribution in [1.29, 1.82) is 0 Å². The van der Waals surface area contributed by atoms with E-state index in [4.69, 9.17) is 21.1 Å². The molecule has 0 atom stereocenters. The van der Waals surface area contributed by atoms with Gasteiger partial charge in [-0.3, -0.25) is 0 Å². The summed E-state index contributed by atoms with van der Waals surface area (Å²) >= 11 is 6.09. The molecular formula is C20H22ClN3O4. The molecule has 2 aromatic heterocycles. The van der Waals surface area contributed by atoms with E-state index >= 15 is 0 Å². The van der Waals surface area contributed by atoms with E-state index in [1.807, 2.05) is 6.07 Å². The summed E-state index contributed by atoms with van der Waals surface area (Å²) in [5, 5.41) is 23.5. The number of aliphatic hydroxyl groups excluding tert-OH is 1. The van der Waals surface area contributed by atoms with Crippen LogP contribution < -0.4 is 9.47 Å². The van der Waals surface area contributed by atoms with Gasteiger partial charge in [-0.15, -0.1) is 0 Å². The largest absolute Gasteiger partial charge is 0.493 e. The zero-order chi connectivity index (χ0) is 20.1. The Kier molecular flexibility index (Phi) is 6.51. The molecule has 0 amide bonds. The third-order valence-electron chi connectivity index (χ3n) is 3.87. The molecular weight excluding hydrogens is 382 g/mol. The number of aromatic nitrogens is 3. The van der Waals surface area contributed by atoms with Gasteiger partial charge in [0.05, 0.1) is 12.8 Å². The van der Waals surface area contributed by atoms with Crippen LogP contribution in [0.3, 0.4) is 0 Å². The van der Waals surface area contributed by atoms with Crippen molar-refractivity contribution in [3.8, 4) is 17.4 Å².